The van der Waals surface area contributed by atoms with E-state index in [1.807, 2.05) is 13.8 Å². The van der Waals surface area contributed by atoms with Gasteiger partial charge in [-0.3, -0.25) is 14.4 Å². The number of ketones is 2. The molecule has 0 unspecified atom stereocenters. The molecule has 0 aromatic heterocycles. The molecule has 0 radical (unpaired) electrons. The predicted octanol–water partition coefficient (Wildman–Crippen LogP) is 1.98. The maximum atomic E-state index is 13.9. The number of fused-ring (bicyclic) bond motifs is 3. The molecule has 0 spiro atoms. The monoisotopic (exact) mass is 442 g/mol. The molecule has 0 N–H and O–H groups in total. The van der Waals surface area contributed by atoms with Gasteiger partial charge in [0.15, 0.2) is 5.76 Å². The zero-order valence-corrected chi connectivity index (χ0v) is 18.6. The van der Waals surface area contributed by atoms with Gasteiger partial charge >= 0.3 is 11.9 Å². The lowest BCUT2D eigenvalue weighted by atomic mass is 9.53. The van der Waals surface area contributed by atoms with E-state index in [2.05, 4.69) is 0 Å². The number of rotatable bonds is 3. The highest BCUT2D eigenvalue weighted by Gasteiger charge is 2.65. The lowest BCUT2D eigenvalue weighted by molar-refractivity contribution is -0.161. The SMILES string of the molecule is COC[C@H]1OC(=O)C2=CCOC3=C2[C@@]1(C)C1=C(C3=O)[C@@H]2CCC(=O)[C@@]2(C)C[C@H]1OC(C)=O. The summed E-state index contributed by atoms with van der Waals surface area (Å²) in [5.41, 5.74) is 0.0478. The van der Waals surface area contributed by atoms with E-state index in [-0.39, 0.29) is 42.9 Å². The minimum absolute atomic E-state index is 0.0672. The summed E-state index contributed by atoms with van der Waals surface area (Å²) in [6.45, 7) is 5.22. The third kappa shape index (κ3) is 2.53. The van der Waals surface area contributed by atoms with Crippen LogP contribution in [0.3, 0.4) is 0 Å². The molecule has 2 aliphatic heterocycles. The van der Waals surface area contributed by atoms with Gasteiger partial charge in [-0.15, -0.1) is 0 Å². The first-order valence-electron chi connectivity index (χ1n) is 10.9. The second-order valence-corrected chi connectivity index (χ2v) is 9.58. The van der Waals surface area contributed by atoms with Crippen LogP contribution in [0.15, 0.2) is 34.1 Å². The Bertz CT molecular complexity index is 1060. The van der Waals surface area contributed by atoms with Crippen LogP contribution in [0.2, 0.25) is 0 Å². The molecule has 8 heteroatoms. The fraction of sp³-hybridized carbons (Fsp3) is 0.583. The molecule has 1 saturated carbocycles. The van der Waals surface area contributed by atoms with Gasteiger partial charge in [-0.25, -0.2) is 4.79 Å². The molecule has 0 bridgehead atoms. The van der Waals surface area contributed by atoms with E-state index in [0.717, 1.165) is 0 Å². The number of carbonyl (C=O) groups excluding carboxylic acids is 4. The number of ether oxygens (including phenoxy) is 4. The first kappa shape index (κ1) is 21.1. The van der Waals surface area contributed by atoms with Gasteiger partial charge < -0.3 is 18.9 Å². The van der Waals surface area contributed by atoms with Gasteiger partial charge in [0.2, 0.25) is 5.78 Å². The molecule has 1 saturated heterocycles. The van der Waals surface area contributed by atoms with Crippen molar-refractivity contribution in [3.05, 3.63) is 34.1 Å². The first-order valence-corrected chi connectivity index (χ1v) is 10.9. The highest BCUT2D eigenvalue weighted by molar-refractivity contribution is 6.14. The normalized spacial score (nSPS) is 37.8. The molecule has 5 aliphatic rings. The smallest absolute Gasteiger partial charge is 0.338 e. The van der Waals surface area contributed by atoms with Crippen molar-refractivity contribution in [1.29, 1.82) is 0 Å². The summed E-state index contributed by atoms with van der Waals surface area (Å²) in [5.74, 6) is -1.47. The Labute approximate surface area is 185 Å². The topological polar surface area (TPSA) is 105 Å². The van der Waals surface area contributed by atoms with Gasteiger partial charge in [0, 0.05) is 49.4 Å². The van der Waals surface area contributed by atoms with Crippen LogP contribution in [0.25, 0.3) is 0 Å². The molecule has 3 aliphatic carbocycles. The molecule has 170 valence electrons. The molecular weight excluding hydrogens is 416 g/mol. The second-order valence-electron chi connectivity index (χ2n) is 9.58. The summed E-state index contributed by atoms with van der Waals surface area (Å²) < 4.78 is 22.8. The van der Waals surface area contributed by atoms with Crippen LogP contribution in [0, 0.1) is 16.7 Å². The Morgan fingerprint density at radius 1 is 1.25 bits per heavy atom. The Hall–Kier alpha value is -2.74. The van der Waals surface area contributed by atoms with E-state index in [1.54, 1.807) is 6.08 Å². The number of allylic oxidation sites excluding steroid dienone is 1. The van der Waals surface area contributed by atoms with Crippen LogP contribution in [-0.2, 0) is 38.1 Å². The molecule has 2 fully saturated rings. The maximum Gasteiger partial charge on any atom is 0.338 e. The average molecular weight is 442 g/mol. The fourth-order valence-electron chi connectivity index (χ4n) is 6.48. The Balaban J connectivity index is 1.80. The summed E-state index contributed by atoms with van der Waals surface area (Å²) in [5, 5.41) is 0. The lowest BCUT2D eigenvalue weighted by Crippen LogP contribution is -2.57. The molecule has 0 aromatic carbocycles. The number of hydrogen-bond acceptors (Lipinski definition) is 8. The summed E-state index contributed by atoms with van der Waals surface area (Å²) >= 11 is 0. The van der Waals surface area contributed by atoms with Crippen LogP contribution >= 0.6 is 0 Å². The van der Waals surface area contributed by atoms with Gasteiger partial charge in [-0.2, -0.15) is 0 Å². The van der Waals surface area contributed by atoms with Crippen LogP contribution in [-0.4, -0.2) is 56.0 Å². The summed E-state index contributed by atoms with van der Waals surface area (Å²) in [6.07, 6.45) is 1.27. The second kappa shape index (κ2) is 6.88. The minimum atomic E-state index is -0.998. The first-order chi connectivity index (χ1) is 15.1. The standard InChI is InChI=1S/C24H26O8/c1-11(25)31-14-9-23(2)13(5-6-15(23)26)17-19(14)24(3)16(10-29-4)32-22(28)12-7-8-30-21(18(12)24)20(17)27/h7,13-14,16H,5-6,8-10H2,1-4H3/t13-,14+,16+,23-,24-/m0/s1. The van der Waals surface area contributed by atoms with Gasteiger partial charge in [0.1, 0.15) is 24.6 Å². The van der Waals surface area contributed by atoms with Crippen molar-refractivity contribution < 1.29 is 38.1 Å². The Morgan fingerprint density at radius 3 is 2.69 bits per heavy atom. The number of hydrogen-bond donors (Lipinski definition) is 0. The van der Waals surface area contributed by atoms with Crippen molar-refractivity contribution in [2.24, 2.45) is 16.7 Å². The van der Waals surface area contributed by atoms with Crippen molar-refractivity contribution in [3.63, 3.8) is 0 Å². The highest BCUT2D eigenvalue weighted by atomic mass is 16.6. The molecule has 5 atom stereocenters. The van der Waals surface area contributed by atoms with Crippen LogP contribution in [0.4, 0.5) is 0 Å². The quantitative estimate of drug-likeness (QED) is 0.611. The highest BCUT2D eigenvalue weighted by Crippen LogP contribution is 2.63. The van der Waals surface area contributed by atoms with Gasteiger partial charge in [0.05, 0.1) is 17.6 Å². The molecule has 32 heavy (non-hydrogen) atoms. The zero-order valence-electron chi connectivity index (χ0n) is 18.6. The Kier molecular flexibility index (Phi) is 4.54. The fourth-order valence-corrected chi connectivity index (χ4v) is 6.48. The lowest BCUT2D eigenvalue weighted by Gasteiger charge is -2.54. The molecule has 8 nitrogen and oxygen atoms in total. The van der Waals surface area contributed by atoms with Crippen molar-refractivity contribution >= 4 is 23.5 Å². The largest absolute Gasteiger partial charge is 0.485 e. The van der Waals surface area contributed by atoms with E-state index >= 15 is 0 Å². The van der Waals surface area contributed by atoms with E-state index in [0.29, 0.717) is 35.1 Å². The molecule has 0 aromatic rings. The summed E-state index contributed by atoms with van der Waals surface area (Å²) in [6, 6.07) is 0. The van der Waals surface area contributed by atoms with E-state index < -0.39 is 35.0 Å². The van der Waals surface area contributed by atoms with Crippen LogP contribution in [0.5, 0.6) is 0 Å². The maximum absolute atomic E-state index is 13.9. The van der Waals surface area contributed by atoms with Crippen LogP contribution in [0.1, 0.15) is 40.0 Å². The number of methoxy groups -OCH3 is 1. The van der Waals surface area contributed by atoms with Crippen molar-refractivity contribution in [1.82, 2.24) is 0 Å². The van der Waals surface area contributed by atoms with Gasteiger partial charge in [-0.1, -0.05) is 6.92 Å². The molecule has 2 heterocycles. The van der Waals surface area contributed by atoms with Gasteiger partial charge in [0.25, 0.3) is 0 Å². The number of carbonyl (C=O) groups is 4. The van der Waals surface area contributed by atoms with E-state index in [1.165, 1.54) is 14.0 Å². The molecular formula is C24H26O8. The summed E-state index contributed by atoms with van der Waals surface area (Å²) in [4.78, 5) is 51.7. The Morgan fingerprint density at radius 2 is 2.00 bits per heavy atom. The van der Waals surface area contributed by atoms with E-state index in [9.17, 15) is 19.2 Å². The van der Waals surface area contributed by atoms with Crippen LogP contribution < -0.4 is 0 Å². The molecule has 0 amide bonds. The number of cyclic esters (lactones) is 1. The molecule has 5 rings (SSSR count). The average Bonchev–Trinajstić information content (AvgIpc) is 3.03. The predicted molar refractivity (Wildman–Crippen MR) is 109 cm³/mol. The van der Waals surface area contributed by atoms with Gasteiger partial charge in [-0.05, 0) is 25.0 Å². The van der Waals surface area contributed by atoms with Crippen molar-refractivity contribution in [2.75, 3.05) is 20.3 Å². The number of Topliss-reactive ketones (excluding diaryl/α,β-unsaturated/α-hetero) is 2. The van der Waals surface area contributed by atoms with Crippen molar-refractivity contribution in [2.45, 2.75) is 52.2 Å². The third-order valence-corrected chi connectivity index (χ3v) is 7.92. The van der Waals surface area contributed by atoms with E-state index in [4.69, 9.17) is 18.9 Å². The van der Waals surface area contributed by atoms with Crippen molar-refractivity contribution in [3.8, 4) is 0 Å². The minimum Gasteiger partial charge on any atom is -0.485 e. The summed E-state index contributed by atoms with van der Waals surface area (Å²) in [7, 11) is 1.51. The third-order valence-electron chi connectivity index (χ3n) is 7.92. The zero-order chi connectivity index (χ0) is 23.0. The number of esters is 2.